The molecule has 2 aromatic carbocycles. The summed E-state index contributed by atoms with van der Waals surface area (Å²) in [7, 11) is 0. The molecule has 112 valence electrons. The van der Waals surface area contributed by atoms with Crippen LogP contribution in [0.1, 0.15) is 23.7 Å². The largest absolute Gasteiger partial charge is 0.399 e. The summed E-state index contributed by atoms with van der Waals surface area (Å²) in [6.45, 7) is 2.89. The number of imidazole rings is 1. The summed E-state index contributed by atoms with van der Waals surface area (Å²) in [5.41, 5.74) is 8.71. The SMILES string of the molecule is CCCn1c(NC(=O)c2cccc(N)c2)nc2ccccc21. The van der Waals surface area contributed by atoms with Crippen molar-refractivity contribution in [1.29, 1.82) is 0 Å². The van der Waals surface area contributed by atoms with E-state index in [4.69, 9.17) is 5.73 Å². The third-order valence-electron chi connectivity index (χ3n) is 3.48. The first kappa shape index (κ1) is 14.1. The van der Waals surface area contributed by atoms with Gasteiger partial charge in [-0.05, 0) is 36.8 Å². The lowest BCUT2D eigenvalue weighted by molar-refractivity contribution is 0.102. The fraction of sp³-hybridized carbons (Fsp3) is 0.176. The van der Waals surface area contributed by atoms with Gasteiger partial charge in [-0.2, -0.15) is 0 Å². The van der Waals surface area contributed by atoms with Crippen molar-refractivity contribution in [3.63, 3.8) is 0 Å². The normalized spacial score (nSPS) is 10.8. The Morgan fingerprint density at radius 2 is 2.05 bits per heavy atom. The number of amides is 1. The molecule has 0 spiro atoms. The quantitative estimate of drug-likeness (QED) is 0.725. The van der Waals surface area contributed by atoms with Gasteiger partial charge in [0.1, 0.15) is 0 Å². The number of nitrogens with zero attached hydrogens (tertiary/aromatic N) is 2. The number of para-hydroxylation sites is 2. The van der Waals surface area contributed by atoms with Crippen LogP contribution < -0.4 is 11.1 Å². The minimum Gasteiger partial charge on any atom is -0.399 e. The summed E-state index contributed by atoms with van der Waals surface area (Å²) in [6.07, 6.45) is 0.960. The third-order valence-corrected chi connectivity index (χ3v) is 3.48. The summed E-state index contributed by atoms with van der Waals surface area (Å²) < 4.78 is 2.03. The number of carbonyl (C=O) groups excluding carboxylic acids is 1. The molecule has 3 rings (SSSR count). The summed E-state index contributed by atoms with van der Waals surface area (Å²) >= 11 is 0. The number of hydrogen-bond acceptors (Lipinski definition) is 3. The third kappa shape index (κ3) is 2.65. The molecule has 0 atom stereocenters. The summed E-state index contributed by atoms with van der Waals surface area (Å²) in [4.78, 5) is 16.9. The molecule has 0 fully saturated rings. The van der Waals surface area contributed by atoms with Gasteiger partial charge >= 0.3 is 0 Å². The molecule has 1 heterocycles. The molecule has 22 heavy (non-hydrogen) atoms. The summed E-state index contributed by atoms with van der Waals surface area (Å²) in [5, 5.41) is 2.89. The van der Waals surface area contributed by atoms with E-state index in [9.17, 15) is 4.79 Å². The Morgan fingerprint density at radius 1 is 1.23 bits per heavy atom. The highest BCUT2D eigenvalue weighted by Gasteiger charge is 2.13. The highest BCUT2D eigenvalue weighted by Crippen LogP contribution is 2.20. The lowest BCUT2D eigenvalue weighted by Crippen LogP contribution is -2.16. The van der Waals surface area contributed by atoms with Crippen molar-refractivity contribution in [2.75, 3.05) is 11.1 Å². The van der Waals surface area contributed by atoms with E-state index < -0.39 is 0 Å². The number of carbonyl (C=O) groups is 1. The Hall–Kier alpha value is -2.82. The maximum absolute atomic E-state index is 12.4. The van der Waals surface area contributed by atoms with E-state index in [1.165, 1.54) is 0 Å². The Morgan fingerprint density at radius 3 is 2.82 bits per heavy atom. The number of aromatic nitrogens is 2. The molecule has 1 aromatic heterocycles. The lowest BCUT2D eigenvalue weighted by Gasteiger charge is -2.09. The molecule has 3 N–H and O–H groups in total. The van der Waals surface area contributed by atoms with Crippen LogP contribution in [0, 0.1) is 0 Å². The fourth-order valence-electron chi connectivity index (χ4n) is 2.47. The van der Waals surface area contributed by atoms with Gasteiger partial charge in [0.25, 0.3) is 5.91 Å². The maximum Gasteiger partial charge on any atom is 0.258 e. The number of nitrogens with one attached hydrogen (secondary N) is 1. The second kappa shape index (κ2) is 5.89. The van der Waals surface area contributed by atoms with Crippen LogP contribution in [-0.2, 0) is 6.54 Å². The molecule has 1 amide bonds. The predicted molar refractivity (Wildman–Crippen MR) is 88.8 cm³/mol. The van der Waals surface area contributed by atoms with Gasteiger partial charge in [0, 0.05) is 17.8 Å². The van der Waals surface area contributed by atoms with E-state index in [2.05, 4.69) is 17.2 Å². The van der Waals surface area contributed by atoms with Gasteiger partial charge in [-0.15, -0.1) is 0 Å². The standard InChI is InChI=1S/C17H18N4O/c1-2-10-21-15-9-4-3-8-14(15)19-17(21)20-16(22)12-6-5-7-13(18)11-12/h3-9,11H,2,10,18H2,1H3,(H,19,20,22). The minimum atomic E-state index is -0.208. The van der Waals surface area contributed by atoms with Crippen molar-refractivity contribution in [1.82, 2.24) is 9.55 Å². The second-order valence-electron chi connectivity index (χ2n) is 5.16. The first-order chi connectivity index (χ1) is 10.7. The number of aryl methyl sites for hydroxylation is 1. The van der Waals surface area contributed by atoms with Gasteiger partial charge in [-0.3, -0.25) is 10.1 Å². The number of nitrogens with two attached hydrogens (primary N) is 1. The summed E-state index contributed by atoms with van der Waals surface area (Å²) in [6, 6.07) is 14.8. The van der Waals surface area contributed by atoms with E-state index in [1.807, 2.05) is 28.8 Å². The molecular formula is C17H18N4O. The van der Waals surface area contributed by atoms with Crippen LogP contribution in [0.4, 0.5) is 11.6 Å². The maximum atomic E-state index is 12.4. The van der Waals surface area contributed by atoms with Crippen LogP contribution in [0.2, 0.25) is 0 Å². The zero-order chi connectivity index (χ0) is 15.5. The number of anilines is 2. The van der Waals surface area contributed by atoms with Gasteiger partial charge < -0.3 is 10.3 Å². The predicted octanol–water partition coefficient (Wildman–Crippen LogP) is 3.28. The number of rotatable bonds is 4. The van der Waals surface area contributed by atoms with Crippen LogP contribution in [0.3, 0.4) is 0 Å². The lowest BCUT2D eigenvalue weighted by atomic mass is 10.2. The average Bonchev–Trinajstić information content (AvgIpc) is 2.85. The first-order valence-electron chi connectivity index (χ1n) is 7.31. The topological polar surface area (TPSA) is 72.9 Å². The zero-order valence-corrected chi connectivity index (χ0v) is 12.4. The monoisotopic (exact) mass is 294 g/mol. The van der Waals surface area contributed by atoms with E-state index in [1.54, 1.807) is 24.3 Å². The van der Waals surface area contributed by atoms with Gasteiger partial charge in [-0.25, -0.2) is 4.98 Å². The van der Waals surface area contributed by atoms with Crippen LogP contribution in [0.25, 0.3) is 11.0 Å². The Labute approximate surface area is 128 Å². The van der Waals surface area contributed by atoms with E-state index in [0.29, 0.717) is 17.2 Å². The highest BCUT2D eigenvalue weighted by molar-refractivity contribution is 6.04. The Kier molecular flexibility index (Phi) is 3.78. The number of hydrogen-bond donors (Lipinski definition) is 2. The number of nitrogen functional groups attached to an aromatic ring is 1. The highest BCUT2D eigenvalue weighted by atomic mass is 16.1. The Balaban J connectivity index is 1.96. The van der Waals surface area contributed by atoms with E-state index in [-0.39, 0.29) is 5.91 Å². The summed E-state index contributed by atoms with van der Waals surface area (Å²) in [5.74, 6) is 0.357. The molecule has 0 saturated carbocycles. The van der Waals surface area contributed by atoms with Crippen molar-refractivity contribution in [2.24, 2.45) is 0 Å². The van der Waals surface area contributed by atoms with Crippen molar-refractivity contribution < 1.29 is 4.79 Å². The first-order valence-corrected chi connectivity index (χ1v) is 7.31. The van der Waals surface area contributed by atoms with E-state index in [0.717, 1.165) is 24.0 Å². The van der Waals surface area contributed by atoms with Crippen molar-refractivity contribution in [3.05, 3.63) is 54.1 Å². The van der Waals surface area contributed by atoms with Crippen LogP contribution in [0.5, 0.6) is 0 Å². The second-order valence-corrected chi connectivity index (χ2v) is 5.16. The number of fused-ring (bicyclic) bond motifs is 1. The zero-order valence-electron chi connectivity index (χ0n) is 12.4. The molecule has 0 bridgehead atoms. The molecule has 0 unspecified atom stereocenters. The number of benzene rings is 2. The molecule has 5 nitrogen and oxygen atoms in total. The molecule has 0 saturated heterocycles. The van der Waals surface area contributed by atoms with Gasteiger partial charge in [0.05, 0.1) is 11.0 Å². The Bertz CT molecular complexity index is 822. The van der Waals surface area contributed by atoms with Crippen molar-refractivity contribution in [3.8, 4) is 0 Å². The average molecular weight is 294 g/mol. The minimum absolute atomic E-state index is 0.208. The van der Waals surface area contributed by atoms with Crippen LogP contribution in [-0.4, -0.2) is 15.5 Å². The van der Waals surface area contributed by atoms with E-state index >= 15 is 0 Å². The van der Waals surface area contributed by atoms with Crippen LogP contribution in [0.15, 0.2) is 48.5 Å². The molecule has 0 aliphatic rings. The molecule has 3 aromatic rings. The fourth-order valence-corrected chi connectivity index (χ4v) is 2.47. The molecule has 5 heteroatoms. The molecule has 0 radical (unpaired) electrons. The smallest absolute Gasteiger partial charge is 0.258 e. The van der Waals surface area contributed by atoms with Gasteiger partial charge in [0.2, 0.25) is 5.95 Å². The molecular weight excluding hydrogens is 276 g/mol. The van der Waals surface area contributed by atoms with Crippen molar-refractivity contribution in [2.45, 2.75) is 19.9 Å². The molecule has 0 aliphatic heterocycles. The van der Waals surface area contributed by atoms with Gasteiger partial charge in [0.15, 0.2) is 0 Å². The molecule has 0 aliphatic carbocycles. The van der Waals surface area contributed by atoms with Crippen LogP contribution >= 0.6 is 0 Å². The van der Waals surface area contributed by atoms with Crippen molar-refractivity contribution >= 4 is 28.6 Å². The van der Waals surface area contributed by atoms with Gasteiger partial charge in [-0.1, -0.05) is 25.1 Å².